The van der Waals surface area contributed by atoms with Crippen LogP contribution in [0.15, 0.2) is 48.5 Å². The lowest BCUT2D eigenvalue weighted by Gasteiger charge is -2.14. The van der Waals surface area contributed by atoms with E-state index in [4.69, 9.17) is 11.6 Å². The molecule has 0 bridgehead atoms. The summed E-state index contributed by atoms with van der Waals surface area (Å²) in [6.45, 7) is 2.64. The van der Waals surface area contributed by atoms with E-state index in [2.05, 4.69) is 12.2 Å². The highest BCUT2D eigenvalue weighted by Crippen LogP contribution is 2.19. The van der Waals surface area contributed by atoms with E-state index in [1.54, 1.807) is 12.1 Å². The van der Waals surface area contributed by atoms with E-state index in [9.17, 15) is 8.78 Å². The van der Waals surface area contributed by atoms with Crippen molar-refractivity contribution in [2.24, 2.45) is 0 Å². The van der Waals surface area contributed by atoms with Crippen molar-refractivity contribution in [1.82, 2.24) is 5.32 Å². The second-order valence-corrected chi connectivity index (χ2v) is 5.60. The molecule has 1 N–H and O–H groups in total. The van der Waals surface area contributed by atoms with Gasteiger partial charge in [-0.05, 0) is 42.7 Å². The van der Waals surface area contributed by atoms with Crippen LogP contribution in [0.25, 0.3) is 0 Å². The first-order valence-corrected chi connectivity index (χ1v) is 7.27. The van der Waals surface area contributed by atoms with Crippen LogP contribution in [0.4, 0.5) is 8.78 Å². The molecule has 112 valence electrons. The fraction of sp³-hybridized carbons (Fsp3) is 0.294. The zero-order valence-electron chi connectivity index (χ0n) is 11.8. The van der Waals surface area contributed by atoms with Crippen molar-refractivity contribution in [2.45, 2.75) is 32.4 Å². The van der Waals surface area contributed by atoms with Crippen molar-refractivity contribution in [2.75, 3.05) is 0 Å². The van der Waals surface area contributed by atoms with Gasteiger partial charge in [-0.2, -0.15) is 0 Å². The Balaban J connectivity index is 1.89. The number of hydrogen-bond acceptors (Lipinski definition) is 1. The highest BCUT2D eigenvalue weighted by molar-refractivity contribution is 6.30. The van der Waals surface area contributed by atoms with Crippen LogP contribution in [0.2, 0.25) is 5.02 Å². The molecule has 0 fully saturated rings. The molecule has 4 heteroatoms. The van der Waals surface area contributed by atoms with Crippen LogP contribution in [0.1, 0.15) is 30.0 Å². The van der Waals surface area contributed by atoms with E-state index in [1.165, 1.54) is 6.07 Å². The van der Waals surface area contributed by atoms with Crippen LogP contribution in [0, 0.1) is 0 Å². The van der Waals surface area contributed by atoms with E-state index in [-0.39, 0.29) is 11.6 Å². The standard InChI is InChI=1S/C17H18ClF2N/c1-12(8-13-4-3-7-16(18)10-13)21-11-14-5-2-6-15(9-14)17(19)20/h2-7,9-10,12,17,21H,8,11H2,1H3. The van der Waals surface area contributed by atoms with Gasteiger partial charge in [-0.15, -0.1) is 0 Å². The monoisotopic (exact) mass is 309 g/mol. The topological polar surface area (TPSA) is 12.0 Å². The maximum atomic E-state index is 12.6. The molecular weight excluding hydrogens is 292 g/mol. The van der Waals surface area contributed by atoms with Gasteiger partial charge in [-0.25, -0.2) is 8.78 Å². The highest BCUT2D eigenvalue weighted by Gasteiger charge is 2.08. The predicted molar refractivity (Wildman–Crippen MR) is 82.9 cm³/mol. The maximum absolute atomic E-state index is 12.6. The second-order valence-electron chi connectivity index (χ2n) is 5.16. The zero-order valence-corrected chi connectivity index (χ0v) is 12.6. The third-order valence-corrected chi connectivity index (χ3v) is 3.52. The quantitative estimate of drug-likeness (QED) is 0.792. The van der Waals surface area contributed by atoms with Gasteiger partial charge >= 0.3 is 0 Å². The Morgan fingerprint density at radius 1 is 1.05 bits per heavy atom. The van der Waals surface area contributed by atoms with Crippen molar-refractivity contribution >= 4 is 11.6 Å². The molecule has 0 saturated heterocycles. The largest absolute Gasteiger partial charge is 0.310 e. The van der Waals surface area contributed by atoms with Crippen molar-refractivity contribution in [1.29, 1.82) is 0 Å². The van der Waals surface area contributed by atoms with Gasteiger partial charge < -0.3 is 5.32 Å². The predicted octanol–water partition coefficient (Wildman–Crippen LogP) is 5.00. The summed E-state index contributed by atoms with van der Waals surface area (Å²) in [5.74, 6) is 0. The summed E-state index contributed by atoms with van der Waals surface area (Å²) in [6.07, 6.45) is -1.58. The molecular formula is C17H18ClF2N. The average Bonchev–Trinajstić information content (AvgIpc) is 2.45. The molecule has 0 aromatic heterocycles. The molecule has 2 rings (SSSR count). The van der Waals surface area contributed by atoms with Crippen LogP contribution in [0.3, 0.4) is 0 Å². The molecule has 0 aliphatic rings. The summed E-state index contributed by atoms with van der Waals surface area (Å²) in [5, 5.41) is 4.07. The van der Waals surface area contributed by atoms with Crippen molar-refractivity contribution < 1.29 is 8.78 Å². The second kappa shape index (κ2) is 7.53. The lowest BCUT2D eigenvalue weighted by atomic mass is 10.1. The number of nitrogens with one attached hydrogen (secondary N) is 1. The molecule has 21 heavy (non-hydrogen) atoms. The third-order valence-electron chi connectivity index (χ3n) is 3.29. The summed E-state index contributed by atoms with van der Waals surface area (Å²) in [4.78, 5) is 0. The van der Waals surface area contributed by atoms with Gasteiger partial charge in [-0.3, -0.25) is 0 Å². The minimum absolute atomic E-state index is 0.0665. The molecule has 1 unspecified atom stereocenters. The minimum atomic E-state index is -2.42. The lowest BCUT2D eigenvalue weighted by Crippen LogP contribution is -2.27. The Hall–Kier alpha value is -1.45. The van der Waals surface area contributed by atoms with E-state index in [0.29, 0.717) is 6.54 Å². The molecule has 0 aliphatic heterocycles. The molecule has 0 amide bonds. The molecule has 0 radical (unpaired) electrons. The van der Waals surface area contributed by atoms with Gasteiger partial charge in [-0.1, -0.05) is 41.9 Å². The molecule has 0 heterocycles. The minimum Gasteiger partial charge on any atom is -0.310 e. The van der Waals surface area contributed by atoms with Crippen molar-refractivity contribution in [3.63, 3.8) is 0 Å². The average molecular weight is 310 g/mol. The van der Waals surface area contributed by atoms with E-state index < -0.39 is 6.43 Å². The summed E-state index contributed by atoms with van der Waals surface area (Å²) >= 11 is 5.96. The van der Waals surface area contributed by atoms with E-state index in [0.717, 1.165) is 22.6 Å². The Morgan fingerprint density at radius 2 is 1.76 bits per heavy atom. The lowest BCUT2D eigenvalue weighted by molar-refractivity contribution is 0.151. The summed E-state index contributed by atoms with van der Waals surface area (Å²) in [5.41, 5.74) is 2.09. The molecule has 2 aromatic rings. The zero-order chi connectivity index (χ0) is 15.2. The highest BCUT2D eigenvalue weighted by atomic mass is 35.5. The number of hydrogen-bond donors (Lipinski definition) is 1. The van der Waals surface area contributed by atoms with Gasteiger partial charge in [0.15, 0.2) is 0 Å². The fourth-order valence-electron chi connectivity index (χ4n) is 2.22. The number of alkyl halides is 2. The Morgan fingerprint density at radius 3 is 2.48 bits per heavy atom. The van der Waals surface area contributed by atoms with Crippen LogP contribution in [-0.4, -0.2) is 6.04 Å². The van der Waals surface area contributed by atoms with Crippen LogP contribution in [0.5, 0.6) is 0 Å². The first kappa shape index (κ1) is 15.9. The van der Waals surface area contributed by atoms with Crippen LogP contribution < -0.4 is 5.32 Å². The van der Waals surface area contributed by atoms with Gasteiger partial charge in [0.1, 0.15) is 0 Å². The Labute approximate surface area is 128 Å². The Kier molecular flexibility index (Phi) is 5.71. The van der Waals surface area contributed by atoms with E-state index in [1.807, 2.05) is 30.3 Å². The van der Waals surface area contributed by atoms with Crippen molar-refractivity contribution in [3.8, 4) is 0 Å². The third kappa shape index (κ3) is 5.10. The SMILES string of the molecule is CC(Cc1cccc(Cl)c1)NCc1cccc(C(F)F)c1. The number of rotatable bonds is 6. The summed E-state index contributed by atoms with van der Waals surface area (Å²) < 4.78 is 25.3. The van der Waals surface area contributed by atoms with Gasteiger partial charge in [0.25, 0.3) is 6.43 Å². The molecule has 1 nitrogen and oxygen atoms in total. The Bertz CT molecular complexity index is 587. The normalized spacial score (nSPS) is 12.6. The fourth-order valence-corrected chi connectivity index (χ4v) is 2.43. The smallest absolute Gasteiger partial charge is 0.263 e. The molecule has 0 saturated carbocycles. The number of halogens is 3. The summed E-state index contributed by atoms with van der Waals surface area (Å²) in [6, 6.07) is 14.5. The first-order chi connectivity index (χ1) is 10.0. The van der Waals surface area contributed by atoms with Crippen molar-refractivity contribution in [3.05, 3.63) is 70.2 Å². The molecule has 2 aromatic carbocycles. The molecule has 1 atom stereocenters. The van der Waals surface area contributed by atoms with Gasteiger partial charge in [0.05, 0.1) is 0 Å². The first-order valence-electron chi connectivity index (χ1n) is 6.89. The van der Waals surface area contributed by atoms with Crippen LogP contribution >= 0.6 is 11.6 Å². The molecule has 0 spiro atoms. The number of benzene rings is 2. The van der Waals surface area contributed by atoms with E-state index >= 15 is 0 Å². The van der Waals surface area contributed by atoms with Gasteiger partial charge in [0, 0.05) is 23.2 Å². The summed E-state index contributed by atoms with van der Waals surface area (Å²) in [7, 11) is 0. The molecule has 0 aliphatic carbocycles. The van der Waals surface area contributed by atoms with Crippen LogP contribution in [-0.2, 0) is 13.0 Å². The maximum Gasteiger partial charge on any atom is 0.263 e. The van der Waals surface area contributed by atoms with Gasteiger partial charge in [0.2, 0.25) is 0 Å².